The highest BCUT2D eigenvalue weighted by Gasteiger charge is 2.19. The van der Waals surface area contributed by atoms with E-state index in [0.29, 0.717) is 30.7 Å². The van der Waals surface area contributed by atoms with Gasteiger partial charge in [0, 0.05) is 24.3 Å². The number of ether oxygens (including phenoxy) is 2. The van der Waals surface area contributed by atoms with Crippen molar-refractivity contribution < 1.29 is 14.3 Å². The highest BCUT2D eigenvalue weighted by atomic mass is 32.2. The molecule has 0 unspecified atom stereocenters. The summed E-state index contributed by atoms with van der Waals surface area (Å²) in [7, 11) is 1.64. The minimum absolute atomic E-state index is 0.0396. The number of nitrogens with zero attached hydrogens (tertiary/aromatic N) is 4. The molecule has 1 amide bonds. The molecule has 33 heavy (non-hydrogen) atoms. The second-order valence-corrected chi connectivity index (χ2v) is 8.39. The Hall–Kier alpha value is -3.26. The quantitative estimate of drug-likeness (QED) is 0.297. The van der Waals surface area contributed by atoms with Gasteiger partial charge < -0.3 is 14.4 Å². The van der Waals surface area contributed by atoms with Gasteiger partial charge in [-0.2, -0.15) is 0 Å². The summed E-state index contributed by atoms with van der Waals surface area (Å²) in [6.45, 7) is 11.6. The van der Waals surface area contributed by atoms with Crippen molar-refractivity contribution in [3.8, 4) is 28.6 Å². The minimum Gasteiger partial charge on any atom is -0.497 e. The van der Waals surface area contributed by atoms with E-state index < -0.39 is 0 Å². The summed E-state index contributed by atoms with van der Waals surface area (Å²) in [6, 6.07) is 15.4. The van der Waals surface area contributed by atoms with Gasteiger partial charge in [0.25, 0.3) is 0 Å². The van der Waals surface area contributed by atoms with Gasteiger partial charge in [-0.25, -0.2) is 0 Å². The first-order valence-electron chi connectivity index (χ1n) is 10.8. The van der Waals surface area contributed by atoms with Crippen LogP contribution < -0.4 is 9.47 Å². The molecule has 8 heteroatoms. The fourth-order valence-electron chi connectivity index (χ4n) is 3.30. The van der Waals surface area contributed by atoms with Crippen LogP contribution in [0.3, 0.4) is 0 Å². The zero-order chi connectivity index (χ0) is 23.8. The first-order chi connectivity index (χ1) is 16.0. The molecular weight excluding hydrogens is 436 g/mol. The van der Waals surface area contributed by atoms with E-state index in [9.17, 15) is 4.79 Å². The Labute approximate surface area is 199 Å². The lowest BCUT2D eigenvalue weighted by atomic mass is 10.2. The third kappa shape index (κ3) is 6.16. The number of benzene rings is 2. The summed E-state index contributed by atoms with van der Waals surface area (Å²) in [6.07, 6.45) is 0. The van der Waals surface area contributed by atoms with Crippen LogP contribution in [0.2, 0.25) is 0 Å². The smallest absolute Gasteiger partial charge is 0.233 e. The van der Waals surface area contributed by atoms with E-state index in [1.54, 1.807) is 12.0 Å². The zero-order valence-electron chi connectivity index (χ0n) is 19.6. The second-order valence-electron chi connectivity index (χ2n) is 7.45. The Balaban J connectivity index is 1.93. The molecule has 0 atom stereocenters. The largest absolute Gasteiger partial charge is 0.497 e. The average Bonchev–Trinajstić information content (AvgIpc) is 3.25. The lowest BCUT2D eigenvalue weighted by Gasteiger charge is -2.20. The van der Waals surface area contributed by atoms with Gasteiger partial charge in [-0.05, 0) is 69.3 Å². The summed E-state index contributed by atoms with van der Waals surface area (Å²) in [5.41, 5.74) is 2.74. The fourth-order valence-corrected chi connectivity index (χ4v) is 4.16. The van der Waals surface area contributed by atoms with E-state index in [0.717, 1.165) is 28.3 Å². The number of thioether (sulfide) groups is 1. The number of aromatic nitrogens is 3. The molecule has 0 aliphatic carbocycles. The topological polar surface area (TPSA) is 69.5 Å². The van der Waals surface area contributed by atoms with Gasteiger partial charge in [-0.3, -0.25) is 9.36 Å². The number of rotatable bonds is 11. The van der Waals surface area contributed by atoms with Crippen molar-refractivity contribution in [1.29, 1.82) is 0 Å². The van der Waals surface area contributed by atoms with Gasteiger partial charge in [-0.1, -0.05) is 23.9 Å². The van der Waals surface area contributed by atoms with Crippen LogP contribution in [0.4, 0.5) is 0 Å². The summed E-state index contributed by atoms with van der Waals surface area (Å²) in [5, 5.41) is 9.51. The third-order valence-corrected chi connectivity index (χ3v) is 5.82. The molecule has 3 aromatic rings. The van der Waals surface area contributed by atoms with Crippen molar-refractivity contribution in [2.24, 2.45) is 0 Å². The van der Waals surface area contributed by atoms with Crippen molar-refractivity contribution in [2.75, 3.05) is 32.6 Å². The normalized spacial score (nSPS) is 10.7. The standard InChI is InChI=1S/C25H30N4O3S/c1-6-28(16-18(3)4)23(30)17-33-25-27-26-24(19-8-12-21(31-5)13-9-19)29(25)20-10-14-22(15-11-20)32-7-2/h8-15H,3,6-7,16-17H2,1-2,4-5H3. The first-order valence-corrected chi connectivity index (χ1v) is 11.8. The maximum atomic E-state index is 12.8. The molecular formula is C25H30N4O3S. The molecule has 174 valence electrons. The predicted octanol–water partition coefficient (Wildman–Crippen LogP) is 4.86. The van der Waals surface area contributed by atoms with Crippen molar-refractivity contribution in [1.82, 2.24) is 19.7 Å². The van der Waals surface area contributed by atoms with E-state index in [-0.39, 0.29) is 11.7 Å². The molecule has 0 bridgehead atoms. The Kier molecular flexibility index (Phi) is 8.54. The van der Waals surface area contributed by atoms with Gasteiger partial charge in [0.15, 0.2) is 11.0 Å². The minimum atomic E-state index is 0.0396. The number of hydrogen-bond donors (Lipinski definition) is 0. The Morgan fingerprint density at radius 1 is 1.06 bits per heavy atom. The SMILES string of the molecule is C=C(C)CN(CC)C(=O)CSc1nnc(-c2ccc(OC)cc2)n1-c1ccc(OCC)cc1. The van der Waals surface area contributed by atoms with Gasteiger partial charge in [-0.15, -0.1) is 10.2 Å². The van der Waals surface area contributed by atoms with Crippen LogP contribution in [0.5, 0.6) is 11.5 Å². The summed E-state index contributed by atoms with van der Waals surface area (Å²) in [4.78, 5) is 14.6. The lowest BCUT2D eigenvalue weighted by Crippen LogP contribution is -2.33. The van der Waals surface area contributed by atoms with Gasteiger partial charge in [0.2, 0.25) is 5.91 Å². The first kappa shape index (κ1) is 24.4. The molecule has 0 aliphatic heterocycles. The maximum Gasteiger partial charge on any atom is 0.233 e. The molecule has 0 radical (unpaired) electrons. The van der Waals surface area contributed by atoms with Gasteiger partial charge in [0.1, 0.15) is 11.5 Å². The molecule has 0 saturated heterocycles. The second kappa shape index (κ2) is 11.6. The molecule has 0 saturated carbocycles. The number of hydrogen-bond acceptors (Lipinski definition) is 6. The van der Waals surface area contributed by atoms with Crippen LogP contribution in [-0.2, 0) is 4.79 Å². The summed E-state index contributed by atoms with van der Waals surface area (Å²) >= 11 is 1.37. The highest BCUT2D eigenvalue weighted by Crippen LogP contribution is 2.30. The van der Waals surface area contributed by atoms with Gasteiger partial charge in [0.05, 0.1) is 19.5 Å². The van der Waals surface area contributed by atoms with E-state index >= 15 is 0 Å². The van der Waals surface area contributed by atoms with E-state index in [1.807, 2.05) is 73.9 Å². The Morgan fingerprint density at radius 2 is 1.73 bits per heavy atom. The molecule has 0 fully saturated rings. The van der Waals surface area contributed by atoms with Crippen molar-refractivity contribution in [2.45, 2.75) is 25.9 Å². The molecule has 1 heterocycles. The lowest BCUT2D eigenvalue weighted by molar-refractivity contribution is -0.127. The van der Waals surface area contributed by atoms with Crippen molar-refractivity contribution in [3.63, 3.8) is 0 Å². The number of carbonyl (C=O) groups excluding carboxylic acids is 1. The molecule has 0 N–H and O–H groups in total. The number of amides is 1. The van der Waals surface area contributed by atoms with Crippen molar-refractivity contribution >= 4 is 17.7 Å². The summed E-state index contributed by atoms with van der Waals surface area (Å²) in [5.74, 6) is 2.55. The number of carbonyl (C=O) groups is 1. The number of methoxy groups -OCH3 is 1. The summed E-state index contributed by atoms with van der Waals surface area (Å²) < 4.78 is 12.8. The van der Waals surface area contributed by atoms with Gasteiger partial charge >= 0.3 is 0 Å². The van der Waals surface area contributed by atoms with Crippen LogP contribution >= 0.6 is 11.8 Å². The Bertz CT molecular complexity index is 1080. The van der Waals surface area contributed by atoms with Crippen LogP contribution in [0.25, 0.3) is 17.1 Å². The Morgan fingerprint density at radius 3 is 2.30 bits per heavy atom. The van der Waals surface area contributed by atoms with E-state index in [1.165, 1.54) is 11.8 Å². The van der Waals surface area contributed by atoms with Crippen LogP contribution in [-0.4, -0.2) is 58.1 Å². The monoisotopic (exact) mass is 466 g/mol. The van der Waals surface area contributed by atoms with Crippen molar-refractivity contribution in [3.05, 3.63) is 60.7 Å². The zero-order valence-corrected chi connectivity index (χ0v) is 20.4. The molecule has 3 rings (SSSR count). The molecule has 1 aromatic heterocycles. The predicted molar refractivity (Wildman–Crippen MR) is 132 cm³/mol. The third-order valence-electron chi connectivity index (χ3n) is 4.91. The average molecular weight is 467 g/mol. The molecule has 0 aliphatic rings. The van der Waals surface area contributed by atoms with Crippen LogP contribution in [0.15, 0.2) is 65.8 Å². The van der Waals surface area contributed by atoms with E-state index in [2.05, 4.69) is 16.8 Å². The number of likely N-dealkylation sites (N-methyl/N-ethyl adjacent to an activating group) is 1. The highest BCUT2D eigenvalue weighted by molar-refractivity contribution is 7.99. The molecule has 0 spiro atoms. The van der Waals surface area contributed by atoms with Crippen LogP contribution in [0, 0.1) is 0 Å². The molecule has 7 nitrogen and oxygen atoms in total. The fraction of sp³-hybridized carbons (Fsp3) is 0.320. The maximum absolute atomic E-state index is 12.8. The van der Waals surface area contributed by atoms with E-state index in [4.69, 9.17) is 9.47 Å². The van der Waals surface area contributed by atoms with Crippen LogP contribution in [0.1, 0.15) is 20.8 Å². The molecule has 2 aromatic carbocycles.